The second-order valence-electron chi connectivity index (χ2n) is 5.70. The van der Waals surface area contributed by atoms with Gasteiger partial charge in [0.15, 0.2) is 0 Å². The van der Waals surface area contributed by atoms with E-state index < -0.39 is 0 Å². The van der Waals surface area contributed by atoms with Crippen molar-refractivity contribution in [3.8, 4) is 11.4 Å². The Kier molecular flexibility index (Phi) is 3.57. The average molecular weight is 322 g/mol. The van der Waals surface area contributed by atoms with Crippen molar-refractivity contribution in [2.45, 2.75) is 13.1 Å². The molecular weight excluding hydrogens is 307 g/mol. The lowest BCUT2D eigenvalue weighted by Crippen LogP contribution is -2.38. The van der Waals surface area contributed by atoms with Gasteiger partial charge >= 0.3 is 0 Å². The Bertz CT molecular complexity index is 874. The molecule has 0 saturated heterocycles. The zero-order valence-corrected chi connectivity index (χ0v) is 12.9. The molecule has 24 heavy (non-hydrogen) atoms. The van der Waals surface area contributed by atoms with Crippen molar-refractivity contribution in [1.82, 2.24) is 19.7 Å². The van der Waals surface area contributed by atoms with Gasteiger partial charge in [-0.1, -0.05) is 18.2 Å². The van der Waals surface area contributed by atoms with Crippen molar-refractivity contribution >= 4 is 5.91 Å². The molecule has 120 valence electrons. The molecule has 6 heteroatoms. The van der Waals surface area contributed by atoms with Crippen LogP contribution in [0, 0.1) is 5.82 Å². The number of hydrogen-bond acceptors (Lipinski definition) is 3. The fourth-order valence-electron chi connectivity index (χ4n) is 2.86. The van der Waals surface area contributed by atoms with Crippen molar-refractivity contribution < 1.29 is 9.18 Å². The van der Waals surface area contributed by atoms with Crippen molar-refractivity contribution in [2.75, 3.05) is 6.54 Å². The molecule has 0 radical (unpaired) electrons. The van der Waals surface area contributed by atoms with Crippen LogP contribution < -0.4 is 0 Å². The summed E-state index contributed by atoms with van der Waals surface area (Å²) < 4.78 is 14.9. The first-order chi connectivity index (χ1) is 11.7. The molecule has 1 aromatic carbocycles. The second kappa shape index (κ2) is 5.88. The van der Waals surface area contributed by atoms with E-state index in [-0.39, 0.29) is 11.7 Å². The van der Waals surface area contributed by atoms with Gasteiger partial charge < -0.3 is 4.90 Å². The number of benzene rings is 1. The Labute approximate surface area is 138 Å². The van der Waals surface area contributed by atoms with E-state index in [1.165, 1.54) is 12.3 Å². The van der Waals surface area contributed by atoms with Crippen molar-refractivity contribution in [2.24, 2.45) is 0 Å². The number of carbonyl (C=O) groups is 1. The van der Waals surface area contributed by atoms with Gasteiger partial charge in [-0.25, -0.2) is 4.39 Å². The van der Waals surface area contributed by atoms with Gasteiger partial charge in [0.2, 0.25) is 0 Å². The first-order valence-electron chi connectivity index (χ1n) is 7.74. The zero-order valence-electron chi connectivity index (χ0n) is 12.9. The molecule has 0 bridgehead atoms. The first kappa shape index (κ1) is 14.6. The normalized spacial score (nSPS) is 13.6. The lowest BCUT2D eigenvalue weighted by Gasteiger charge is -2.27. The van der Waals surface area contributed by atoms with E-state index >= 15 is 0 Å². The molecule has 1 aliphatic rings. The highest BCUT2D eigenvalue weighted by atomic mass is 19.1. The summed E-state index contributed by atoms with van der Waals surface area (Å²) in [6.07, 6.45) is 1.18. The van der Waals surface area contributed by atoms with E-state index in [1.807, 2.05) is 46.0 Å². The molecule has 5 nitrogen and oxygen atoms in total. The fourth-order valence-corrected chi connectivity index (χ4v) is 2.86. The molecule has 4 rings (SSSR count). The van der Waals surface area contributed by atoms with Crippen LogP contribution in [0.2, 0.25) is 0 Å². The summed E-state index contributed by atoms with van der Waals surface area (Å²) in [5.74, 6) is -0.355. The quantitative estimate of drug-likeness (QED) is 0.729. The summed E-state index contributed by atoms with van der Waals surface area (Å²) in [6, 6.07) is 14.1. The molecule has 1 aliphatic heterocycles. The minimum atomic E-state index is -0.373. The molecule has 0 spiro atoms. The molecule has 0 saturated carbocycles. The topological polar surface area (TPSA) is 51.0 Å². The molecular formula is C18H15FN4O. The minimum absolute atomic E-state index is 0.0181. The molecule has 0 N–H and O–H groups in total. The van der Waals surface area contributed by atoms with E-state index in [4.69, 9.17) is 0 Å². The van der Waals surface area contributed by atoms with E-state index in [9.17, 15) is 9.18 Å². The lowest BCUT2D eigenvalue weighted by atomic mass is 10.1. The van der Waals surface area contributed by atoms with Crippen LogP contribution in [0.15, 0.2) is 54.7 Å². The van der Waals surface area contributed by atoms with Crippen LogP contribution >= 0.6 is 0 Å². The van der Waals surface area contributed by atoms with E-state index in [0.29, 0.717) is 36.6 Å². The molecule has 0 unspecified atom stereocenters. The van der Waals surface area contributed by atoms with E-state index in [0.717, 1.165) is 5.69 Å². The van der Waals surface area contributed by atoms with Crippen molar-refractivity contribution in [1.29, 1.82) is 0 Å². The average Bonchev–Trinajstić information content (AvgIpc) is 3.05. The van der Waals surface area contributed by atoms with Gasteiger partial charge in [0.25, 0.3) is 5.91 Å². The third-order valence-corrected chi connectivity index (χ3v) is 4.10. The van der Waals surface area contributed by atoms with Crippen LogP contribution in [0.4, 0.5) is 4.39 Å². The second-order valence-corrected chi connectivity index (χ2v) is 5.70. The maximum atomic E-state index is 13.0. The minimum Gasteiger partial charge on any atom is -0.331 e. The summed E-state index contributed by atoms with van der Waals surface area (Å²) in [7, 11) is 0. The van der Waals surface area contributed by atoms with Crippen LogP contribution in [0.1, 0.15) is 16.1 Å². The van der Waals surface area contributed by atoms with Crippen LogP contribution in [0.25, 0.3) is 11.4 Å². The number of amides is 1. The first-order valence-corrected chi connectivity index (χ1v) is 7.74. The third kappa shape index (κ3) is 2.67. The number of hydrogen-bond donors (Lipinski definition) is 0. The van der Waals surface area contributed by atoms with E-state index in [1.54, 1.807) is 6.07 Å². The van der Waals surface area contributed by atoms with Gasteiger partial charge in [-0.05, 0) is 30.3 Å². The zero-order chi connectivity index (χ0) is 16.5. The van der Waals surface area contributed by atoms with E-state index in [2.05, 4.69) is 10.1 Å². The number of rotatable bonds is 2. The third-order valence-electron chi connectivity index (χ3n) is 4.10. The SMILES string of the molecule is O=C(c1ccccc1)N1CCn2nc(-c3ccc(F)cn3)cc2C1. The summed E-state index contributed by atoms with van der Waals surface area (Å²) in [6.45, 7) is 1.75. The molecule has 3 heterocycles. The lowest BCUT2D eigenvalue weighted by molar-refractivity contribution is 0.0706. The molecule has 0 atom stereocenters. The van der Waals surface area contributed by atoms with Gasteiger partial charge in [0.1, 0.15) is 11.5 Å². The van der Waals surface area contributed by atoms with Gasteiger partial charge in [-0.3, -0.25) is 14.5 Å². The Morgan fingerprint density at radius 1 is 1.04 bits per heavy atom. The maximum absolute atomic E-state index is 13.0. The van der Waals surface area contributed by atoms with Crippen LogP contribution in [-0.2, 0) is 13.1 Å². The van der Waals surface area contributed by atoms with Gasteiger partial charge in [-0.15, -0.1) is 0 Å². The predicted molar refractivity (Wildman–Crippen MR) is 86.6 cm³/mol. The summed E-state index contributed by atoms with van der Waals surface area (Å²) >= 11 is 0. The number of fused-ring (bicyclic) bond motifs is 1. The number of pyridine rings is 1. The van der Waals surface area contributed by atoms with Crippen molar-refractivity contribution in [3.63, 3.8) is 0 Å². The van der Waals surface area contributed by atoms with Crippen LogP contribution in [0.3, 0.4) is 0 Å². The predicted octanol–water partition coefficient (Wildman–Crippen LogP) is 2.74. The molecule has 0 aliphatic carbocycles. The fraction of sp³-hybridized carbons (Fsp3) is 0.167. The van der Waals surface area contributed by atoms with Crippen LogP contribution in [0.5, 0.6) is 0 Å². The Morgan fingerprint density at radius 2 is 1.88 bits per heavy atom. The summed E-state index contributed by atoms with van der Waals surface area (Å²) in [5.41, 5.74) is 2.95. The number of aromatic nitrogens is 3. The van der Waals surface area contributed by atoms with Crippen LogP contribution in [-0.4, -0.2) is 32.1 Å². The van der Waals surface area contributed by atoms with Gasteiger partial charge in [0.05, 0.1) is 30.7 Å². The summed E-state index contributed by atoms with van der Waals surface area (Å²) in [5, 5.41) is 4.51. The van der Waals surface area contributed by atoms with Gasteiger partial charge in [-0.2, -0.15) is 5.10 Å². The molecule has 1 amide bonds. The van der Waals surface area contributed by atoms with Crippen molar-refractivity contribution in [3.05, 3.63) is 71.8 Å². The standard InChI is InChI=1S/C18H15FN4O/c19-14-6-7-16(20-11-14)17-10-15-12-22(8-9-23(15)21-17)18(24)13-4-2-1-3-5-13/h1-7,10-11H,8-9,12H2. The summed E-state index contributed by atoms with van der Waals surface area (Å²) in [4.78, 5) is 18.4. The smallest absolute Gasteiger partial charge is 0.254 e. The number of nitrogens with zero attached hydrogens (tertiary/aromatic N) is 4. The Balaban J connectivity index is 1.57. The largest absolute Gasteiger partial charge is 0.331 e. The van der Waals surface area contributed by atoms with Gasteiger partial charge in [0, 0.05) is 12.1 Å². The number of carbonyl (C=O) groups excluding carboxylic acids is 1. The Hall–Kier alpha value is -3.02. The highest BCUT2D eigenvalue weighted by molar-refractivity contribution is 5.94. The maximum Gasteiger partial charge on any atom is 0.254 e. The highest BCUT2D eigenvalue weighted by Crippen LogP contribution is 2.21. The molecule has 3 aromatic rings. The highest BCUT2D eigenvalue weighted by Gasteiger charge is 2.23. The molecule has 2 aromatic heterocycles. The monoisotopic (exact) mass is 322 g/mol. The molecule has 0 fully saturated rings. The number of halogens is 1. The Morgan fingerprint density at radius 3 is 2.62 bits per heavy atom.